The first-order valence-corrected chi connectivity index (χ1v) is 5.98. The van der Waals surface area contributed by atoms with E-state index in [-0.39, 0.29) is 10.6 Å². The number of benzene rings is 1. The first-order valence-electron chi connectivity index (χ1n) is 4.49. The second kappa shape index (κ2) is 5.19. The molecule has 0 aliphatic carbocycles. The molecule has 0 aliphatic rings. The molecule has 0 atom stereocenters. The lowest BCUT2D eigenvalue weighted by Crippen LogP contribution is -2.20. The van der Waals surface area contributed by atoms with Crippen molar-refractivity contribution in [2.24, 2.45) is 0 Å². The monoisotopic (exact) mass is 264 g/mol. The van der Waals surface area contributed by atoms with E-state index < -0.39 is 22.4 Å². The van der Waals surface area contributed by atoms with E-state index >= 15 is 0 Å². The Labute approximate surface area is 96.9 Å². The van der Waals surface area contributed by atoms with Gasteiger partial charge in [0, 0.05) is 5.69 Å². The maximum Gasteiger partial charge on any atom is 0.315 e. The van der Waals surface area contributed by atoms with Gasteiger partial charge in [-0.05, 0) is 31.3 Å². The van der Waals surface area contributed by atoms with Gasteiger partial charge >= 0.3 is 6.43 Å². The van der Waals surface area contributed by atoms with Crippen LogP contribution < -0.4 is 10.0 Å². The summed E-state index contributed by atoms with van der Waals surface area (Å²) in [6.07, 6.45) is -3.12. The number of halogens is 2. The van der Waals surface area contributed by atoms with E-state index in [4.69, 9.17) is 0 Å². The van der Waals surface area contributed by atoms with Crippen LogP contribution in [0.2, 0.25) is 0 Å². The zero-order chi connectivity index (χ0) is 13.1. The molecule has 0 radical (unpaired) electrons. The van der Waals surface area contributed by atoms with Gasteiger partial charge in [-0.25, -0.2) is 13.1 Å². The van der Waals surface area contributed by atoms with Crippen LogP contribution in [0.3, 0.4) is 0 Å². The molecule has 1 rings (SSSR count). The Hall–Kier alpha value is -1.54. The summed E-state index contributed by atoms with van der Waals surface area (Å²) in [5.41, 5.74) is 0.102. The molecule has 0 fully saturated rings. The molecule has 0 bridgehead atoms. The summed E-state index contributed by atoms with van der Waals surface area (Å²) >= 11 is 0. The van der Waals surface area contributed by atoms with Crippen LogP contribution >= 0.6 is 0 Å². The van der Waals surface area contributed by atoms with Crippen molar-refractivity contribution < 1.29 is 22.0 Å². The van der Waals surface area contributed by atoms with E-state index in [1.54, 1.807) is 0 Å². The second-order valence-electron chi connectivity index (χ2n) is 3.02. The lowest BCUT2D eigenvalue weighted by Gasteiger charge is -2.06. The van der Waals surface area contributed by atoms with Gasteiger partial charge < -0.3 is 5.32 Å². The van der Waals surface area contributed by atoms with Crippen LogP contribution in [0.25, 0.3) is 0 Å². The highest BCUT2D eigenvalue weighted by Crippen LogP contribution is 2.14. The van der Waals surface area contributed by atoms with Crippen LogP contribution in [0, 0.1) is 0 Å². The van der Waals surface area contributed by atoms with Crippen molar-refractivity contribution in [1.82, 2.24) is 4.72 Å². The zero-order valence-electron chi connectivity index (χ0n) is 8.78. The van der Waals surface area contributed by atoms with Crippen molar-refractivity contribution in [1.29, 1.82) is 0 Å². The van der Waals surface area contributed by atoms with Crippen LogP contribution in [0.5, 0.6) is 0 Å². The zero-order valence-corrected chi connectivity index (χ0v) is 9.59. The Bertz CT molecular complexity index is 499. The fourth-order valence-electron chi connectivity index (χ4n) is 1.03. The number of anilines is 1. The molecule has 0 saturated heterocycles. The molecule has 0 unspecified atom stereocenters. The quantitative estimate of drug-likeness (QED) is 0.844. The largest absolute Gasteiger partial charge is 0.321 e. The molecule has 1 amide bonds. The lowest BCUT2D eigenvalue weighted by atomic mass is 10.3. The van der Waals surface area contributed by atoms with Gasteiger partial charge in [-0.1, -0.05) is 0 Å². The minimum absolute atomic E-state index is 0.0185. The van der Waals surface area contributed by atoms with Crippen LogP contribution in [-0.2, 0) is 14.8 Å². The average molecular weight is 264 g/mol. The third-order valence-corrected chi connectivity index (χ3v) is 3.33. The van der Waals surface area contributed by atoms with Crippen molar-refractivity contribution >= 4 is 21.6 Å². The SMILES string of the molecule is CNS(=O)(=O)c1ccc(NC(=O)C(F)F)cc1. The molecule has 0 aromatic heterocycles. The number of nitrogens with one attached hydrogen (secondary N) is 2. The highest BCUT2D eigenvalue weighted by molar-refractivity contribution is 7.89. The lowest BCUT2D eigenvalue weighted by molar-refractivity contribution is -0.126. The van der Waals surface area contributed by atoms with E-state index in [0.29, 0.717) is 0 Å². The van der Waals surface area contributed by atoms with Crippen molar-refractivity contribution in [3.05, 3.63) is 24.3 Å². The summed E-state index contributed by atoms with van der Waals surface area (Å²) in [7, 11) is -2.32. The van der Waals surface area contributed by atoms with Gasteiger partial charge in [0.1, 0.15) is 0 Å². The maximum absolute atomic E-state index is 11.9. The Balaban J connectivity index is 2.86. The number of carbonyl (C=O) groups is 1. The highest BCUT2D eigenvalue weighted by Gasteiger charge is 2.15. The Morgan fingerprint density at radius 1 is 1.24 bits per heavy atom. The topological polar surface area (TPSA) is 75.3 Å². The number of alkyl halides is 2. The molecule has 8 heteroatoms. The van der Waals surface area contributed by atoms with Gasteiger partial charge in [0.05, 0.1) is 4.90 Å². The van der Waals surface area contributed by atoms with Gasteiger partial charge in [-0.15, -0.1) is 0 Å². The molecule has 0 heterocycles. The molecule has 94 valence electrons. The third-order valence-electron chi connectivity index (χ3n) is 1.90. The van der Waals surface area contributed by atoms with Crippen LogP contribution in [-0.4, -0.2) is 27.8 Å². The molecule has 1 aromatic carbocycles. The number of hydrogen-bond donors (Lipinski definition) is 2. The van der Waals surface area contributed by atoms with Crippen LogP contribution in [0.1, 0.15) is 0 Å². The highest BCUT2D eigenvalue weighted by atomic mass is 32.2. The van der Waals surface area contributed by atoms with Crippen LogP contribution in [0.15, 0.2) is 29.2 Å². The fraction of sp³-hybridized carbons (Fsp3) is 0.222. The van der Waals surface area contributed by atoms with Gasteiger partial charge in [0.2, 0.25) is 10.0 Å². The van der Waals surface area contributed by atoms with Gasteiger partial charge in [-0.2, -0.15) is 8.78 Å². The average Bonchev–Trinajstić information content (AvgIpc) is 2.29. The summed E-state index contributed by atoms with van der Waals surface area (Å²) < 4.78 is 48.6. The summed E-state index contributed by atoms with van der Waals surface area (Å²) in [4.78, 5) is 10.6. The standard InChI is InChI=1S/C9H10F2N2O3S/c1-12-17(15,16)7-4-2-6(3-5-7)13-9(14)8(10)11/h2-5,8,12H,1H3,(H,13,14). The van der Waals surface area contributed by atoms with Crippen LogP contribution in [0.4, 0.5) is 14.5 Å². The predicted molar refractivity (Wildman–Crippen MR) is 57.3 cm³/mol. The van der Waals surface area contributed by atoms with Crippen molar-refractivity contribution in [3.8, 4) is 0 Å². The van der Waals surface area contributed by atoms with Crippen molar-refractivity contribution in [2.75, 3.05) is 12.4 Å². The minimum Gasteiger partial charge on any atom is -0.321 e. The maximum atomic E-state index is 11.9. The molecular weight excluding hydrogens is 254 g/mol. The van der Waals surface area contributed by atoms with E-state index in [0.717, 1.165) is 0 Å². The van der Waals surface area contributed by atoms with Crippen molar-refractivity contribution in [2.45, 2.75) is 11.3 Å². The molecular formula is C9H10F2N2O3S. The third kappa shape index (κ3) is 3.46. The summed E-state index contributed by atoms with van der Waals surface area (Å²) in [5.74, 6) is -1.44. The molecule has 0 spiro atoms. The fourth-order valence-corrected chi connectivity index (χ4v) is 1.76. The minimum atomic E-state index is -3.57. The summed E-state index contributed by atoms with van der Waals surface area (Å²) in [6, 6.07) is 4.86. The summed E-state index contributed by atoms with van der Waals surface area (Å²) in [5, 5.41) is 1.93. The first-order chi connectivity index (χ1) is 7.86. The van der Waals surface area contributed by atoms with Gasteiger partial charge in [0.25, 0.3) is 5.91 Å². The smallest absolute Gasteiger partial charge is 0.315 e. The van der Waals surface area contributed by atoms with E-state index in [2.05, 4.69) is 4.72 Å². The van der Waals surface area contributed by atoms with E-state index in [1.165, 1.54) is 31.3 Å². The molecule has 0 saturated carbocycles. The first kappa shape index (κ1) is 13.5. The molecule has 5 nitrogen and oxygen atoms in total. The Morgan fingerprint density at radius 3 is 2.18 bits per heavy atom. The van der Waals surface area contributed by atoms with Crippen molar-refractivity contribution in [3.63, 3.8) is 0 Å². The number of amides is 1. The second-order valence-corrected chi connectivity index (χ2v) is 4.91. The number of sulfonamides is 1. The van der Waals surface area contributed by atoms with Gasteiger partial charge in [-0.3, -0.25) is 4.79 Å². The number of carbonyl (C=O) groups excluding carboxylic acids is 1. The summed E-state index contributed by atoms with van der Waals surface area (Å²) in [6.45, 7) is 0. The molecule has 17 heavy (non-hydrogen) atoms. The molecule has 0 aliphatic heterocycles. The normalized spacial score (nSPS) is 11.5. The number of rotatable bonds is 4. The number of hydrogen-bond acceptors (Lipinski definition) is 3. The van der Waals surface area contributed by atoms with E-state index in [9.17, 15) is 22.0 Å². The Morgan fingerprint density at radius 2 is 1.76 bits per heavy atom. The molecule has 1 aromatic rings. The Kier molecular flexibility index (Phi) is 4.13. The van der Waals surface area contributed by atoms with E-state index in [1.807, 2.05) is 5.32 Å². The van der Waals surface area contributed by atoms with Gasteiger partial charge in [0.15, 0.2) is 0 Å². The molecule has 2 N–H and O–H groups in total. The predicted octanol–water partition coefficient (Wildman–Crippen LogP) is 0.798.